The van der Waals surface area contributed by atoms with Crippen molar-refractivity contribution >= 4 is 43.8 Å². The van der Waals surface area contributed by atoms with E-state index < -0.39 is 0 Å². The first-order chi connectivity index (χ1) is 9.52. The normalized spacial score (nSPS) is 10.9. The minimum absolute atomic E-state index is 0.228. The molecule has 0 atom stereocenters. The summed E-state index contributed by atoms with van der Waals surface area (Å²) in [6, 6.07) is 6.58. The largest absolute Gasteiger partial charge is 0.429 e. The molecule has 0 aliphatic heterocycles. The van der Waals surface area contributed by atoms with E-state index in [-0.39, 0.29) is 5.56 Å². The van der Waals surface area contributed by atoms with Crippen molar-refractivity contribution in [3.63, 3.8) is 0 Å². The zero-order valence-corrected chi connectivity index (χ0v) is 13.3. The SMILES string of the molecule is Cc1cc(=O)n2nc(Oc3ccc(Cl)cc3Br)sc2n1. The van der Waals surface area contributed by atoms with Gasteiger partial charge in [0.05, 0.1) is 4.47 Å². The third-order valence-corrected chi connectivity index (χ3v) is 4.09. The van der Waals surface area contributed by atoms with Crippen LogP contribution in [0.2, 0.25) is 5.02 Å². The molecule has 0 amide bonds. The van der Waals surface area contributed by atoms with Gasteiger partial charge in [0.25, 0.3) is 10.8 Å². The Morgan fingerprint density at radius 1 is 1.40 bits per heavy atom. The monoisotopic (exact) mass is 371 g/mol. The van der Waals surface area contributed by atoms with Gasteiger partial charge in [-0.05, 0) is 52.4 Å². The van der Waals surface area contributed by atoms with Crippen LogP contribution >= 0.6 is 38.9 Å². The number of aromatic nitrogens is 3. The average Bonchev–Trinajstić information content (AvgIpc) is 2.75. The lowest BCUT2D eigenvalue weighted by atomic mass is 10.3. The molecule has 5 nitrogen and oxygen atoms in total. The van der Waals surface area contributed by atoms with E-state index >= 15 is 0 Å². The Morgan fingerprint density at radius 3 is 2.95 bits per heavy atom. The Hall–Kier alpha value is -1.44. The molecule has 3 aromatic rings. The molecule has 0 spiro atoms. The lowest BCUT2D eigenvalue weighted by Crippen LogP contribution is -2.14. The molecule has 0 aliphatic rings. The molecule has 0 radical (unpaired) electrons. The molecule has 0 saturated carbocycles. The smallest absolute Gasteiger partial charge is 0.300 e. The number of benzene rings is 1. The molecular formula is C12H7BrClN3O2S. The molecule has 0 bridgehead atoms. The van der Waals surface area contributed by atoms with Crippen molar-refractivity contribution in [1.29, 1.82) is 0 Å². The fourth-order valence-electron chi connectivity index (χ4n) is 1.60. The second-order valence-electron chi connectivity index (χ2n) is 3.97. The van der Waals surface area contributed by atoms with Crippen molar-refractivity contribution in [1.82, 2.24) is 14.6 Å². The van der Waals surface area contributed by atoms with Crippen LogP contribution in [0.3, 0.4) is 0 Å². The molecule has 0 aliphatic carbocycles. The van der Waals surface area contributed by atoms with Gasteiger partial charge in [-0.15, -0.1) is 5.10 Å². The summed E-state index contributed by atoms with van der Waals surface area (Å²) in [6.45, 7) is 1.76. The predicted molar refractivity (Wildman–Crippen MR) is 81.1 cm³/mol. The molecule has 0 saturated heterocycles. The Bertz CT molecular complexity index is 862. The van der Waals surface area contributed by atoms with Crippen molar-refractivity contribution < 1.29 is 4.74 Å². The lowest BCUT2D eigenvalue weighted by Gasteiger charge is -2.03. The molecule has 0 N–H and O–H groups in total. The molecule has 102 valence electrons. The second-order valence-corrected chi connectivity index (χ2v) is 6.18. The maximum atomic E-state index is 11.8. The number of aryl methyl sites for hydroxylation is 1. The number of hydrogen-bond acceptors (Lipinski definition) is 5. The summed E-state index contributed by atoms with van der Waals surface area (Å²) in [5.74, 6) is 0.568. The molecule has 1 aromatic carbocycles. The zero-order valence-electron chi connectivity index (χ0n) is 10.1. The number of halogens is 2. The van der Waals surface area contributed by atoms with E-state index in [2.05, 4.69) is 26.0 Å². The topological polar surface area (TPSA) is 56.5 Å². The standard InChI is InChI=1S/C12H7BrClN3O2S/c1-6-4-10(18)17-11(15-6)20-12(16-17)19-9-3-2-7(14)5-8(9)13/h2-5H,1H3. The van der Waals surface area contributed by atoms with Crippen LogP contribution in [0, 0.1) is 6.92 Å². The first-order valence-corrected chi connectivity index (χ1v) is 7.52. The van der Waals surface area contributed by atoms with Crippen LogP contribution in [-0.2, 0) is 0 Å². The number of ether oxygens (including phenoxy) is 1. The number of nitrogens with zero attached hydrogens (tertiary/aromatic N) is 3. The van der Waals surface area contributed by atoms with Crippen LogP contribution in [0.1, 0.15) is 5.69 Å². The van der Waals surface area contributed by atoms with Crippen molar-refractivity contribution in [2.75, 3.05) is 0 Å². The lowest BCUT2D eigenvalue weighted by molar-refractivity contribution is 0.466. The van der Waals surface area contributed by atoms with Gasteiger partial charge in [-0.3, -0.25) is 4.79 Å². The van der Waals surface area contributed by atoms with E-state index in [1.165, 1.54) is 21.9 Å². The van der Waals surface area contributed by atoms with E-state index in [9.17, 15) is 4.79 Å². The summed E-state index contributed by atoms with van der Waals surface area (Å²) in [5.41, 5.74) is 0.423. The van der Waals surface area contributed by atoms with Crippen LogP contribution in [0.15, 0.2) is 33.5 Å². The number of hydrogen-bond donors (Lipinski definition) is 0. The fraction of sp³-hybridized carbons (Fsp3) is 0.0833. The number of rotatable bonds is 2. The van der Waals surface area contributed by atoms with Crippen molar-refractivity contribution in [3.8, 4) is 10.9 Å². The first kappa shape index (κ1) is 13.5. The maximum Gasteiger partial charge on any atom is 0.300 e. The van der Waals surface area contributed by atoms with E-state index in [4.69, 9.17) is 16.3 Å². The van der Waals surface area contributed by atoms with Crippen LogP contribution in [-0.4, -0.2) is 14.6 Å². The molecule has 2 aromatic heterocycles. The van der Waals surface area contributed by atoms with Crippen LogP contribution in [0.25, 0.3) is 4.96 Å². The summed E-state index contributed by atoms with van der Waals surface area (Å²) >= 11 is 10.4. The van der Waals surface area contributed by atoms with Crippen molar-refractivity contribution in [2.24, 2.45) is 0 Å². The fourth-order valence-corrected chi connectivity index (χ4v) is 3.18. The summed E-state index contributed by atoms with van der Waals surface area (Å²) in [6.07, 6.45) is 0. The molecular weight excluding hydrogens is 366 g/mol. The molecule has 8 heteroatoms. The van der Waals surface area contributed by atoms with Gasteiger partial charge in [0.2, 0.25) is 4.96 Å². The second kappa shape index (κ2) is 5.16. The third kappa shape index (κ3) is 2.56. The Morgan fingerprint density at radius 2 is 2.20 bits per heavy atom. The molecule has 20 heavy (non-hydrogen) atoms. The van der Waals surface area contributed by atoms with Crippen LogP contribution in [0.5, 0.6) is 10.9 Å². The van der Waals surface area contributed by atoms with E-state index in [1.54, 1.807) is 25.1 Å². The summed E-state index contributed by atoms with van der Waals surface area (Å²) in [7, 11) is 0. The highest BCUT2D eigenvalue weighted by atomic mass is 79.9. The van der Waals surface area contributed by atoms with Gasteiger partial charge in [-0.2, -0.15) is 4.52 Å². The van der Waals surface area contributed by atoms with Gasteiger partial charge in [0, 0.05) is 16.8 Å². The minimum atomic E-state index is -0.228. The van der Waals surface area contributed by atoms with Crippen LogP contribution in [0.4, 0.5) is 0 Å². The van der Waals surface area contributed by atoms with Crippen molar-refractivity contribution in [3.05, 3.63) is 49.8 Å². The van der Waals surface area contributed by atoms with Crippen molar-refractivity contribution in [2.45, 2.75) is 6.92 Å². The number of fused-ring (bicyclic) bond motifs is 1. The third-order valence-electron chi connectivity index (χ3n) is 2.45. The highest BCUT2D eigenvalue weighted by Crippen LogP contribution is 2.33. The van der Waals surface area contributed by atoms with Gasteiger partial charge < -0.3 is 4.74 Å². The summed E-state index contributed by atoms with van der Waals surface area (Å²) < 4.78 is 7.57. The maximum absolute atomic E-state index is 11.8. The average molecular weight is 373 g/mol. The minimum Gasteiger partial charge on any atom is -0.429 e. The molecule has 3 rings (SSSR count). The predicted octanol–water partition coefficient (Wildman–Crippen LogP) is 3.67. The molecule has 0 unspecified atom stereocenters. The Kier molecular flexibility index (Phi) is 3.49. The van der Waals surface area contributed by atoms with Gasteiger partial charge in [-0.25, -0.2) is 4.98 Å². The van der Waals surface area contributed by atoms with Crippen LogP contribution < -0.4 is 10.3 Å². The molecule has 0 fully saturated rings. The van der Waals surface area contributed by atoms with E-state index in [1.807, 2.05) is 0 Å². The first-order valence-electron chi connectivity index (χ1n) is 5.53. The van der Waals surface area contributed by atoms with Gasteiger partial charge >= 0.3 is 0 Å². The van der Waals surface area contributed by atoms with Gasteiger partial charge in [-0.1, -0.05) is 11.6 Å². The van der Waals surface area contributed by atoms with E-state index in [0.29, 0.717) is 31.1 Å². The van der Waals surface area contributed by atoms with E-state index in [0.717, 1.165) is 0 Å². The Labute approximate surface area is 130 Å². The zero-order chi connectivity index (χ0) is 14.3. The van der Waals surface area contributed by atoms with Gasteiger partial charge in [0.15, 0.2) is 0 Å². The Balaban J connectivity index is 2.03. The highest BCUT2D eigenvalue weighted by molar-refractivity contribution is 9.10. The molecule has 2 heterocycles. The quantitative estimate of drug-likeness (QED) is 0.689. The summed E-state index contributed by atoms with van der Waals surface area (Å²) in [5, 5.41) is 5.03. The van der Waals surface area contributed by atoms with Gasteiger partial charge in [0.1, 0.15) is 5.75 Å². The highest BCUT2D eigenvalue weighted by Gasteiger charge is 2.11. The summed E-state index contributed by atoms with van der Waals surface area (Å²) in [4.78, 5) is 16.5.